The summed E-state index contributed by atoms with van der Waals surface area (Å²) in [5.41, 5.74) is 1.32. The summed E-state index contributed by atoms with van der Waals surface area (Å²) in [6.07, 6.45) is 0. The van der Waals surface area contributed by atoms with E-state index in [1.165, 1.54) is 4.31 Å². The Kier molecular flexibility index (Phi) is 4.92. The fourth-order valence-corrected chi connectivity index (χ4v) is 4.47. The van der Waals surface area contributed by atoms with Gasteiger partial charge in [-0.1, -0.05) is 18.2 Å². The zero-order chi connectivity index (χ0) is 18.9. The van der Waals surface area contributed by atoms with E-state index in [1.54, 1.807) is 0 Å². The van der Waals surface area contributed by atoms with Crippen LogP contribution in [0, 0.1) is 22.9 Å². The van der Waals surface area contributed by atoms with Gasteiger partial charge >= 0.3 is 5.69 Å². The Labute approximate surface area is 150 Å². The van der Waals surface area contributed by atoms with Gasteiger partial charge < -0.3 is 4.90 Å². The minimum atomic E-state index is -3.91. The van der Waals surface area contributed by atoms with Gasteiger partial charge in [-0.25, -0.2) is 8.42 Å². The molecule has 2 aromatic rings. The smallest absolute Gasteiger partial charge is 0.306 e. The third-order valence-electron chi connectivity index (χ3n) is 4.45. The number of hydrogen-bond donors (Lipinski definition) is 0. The molecule has 0 N–H and O–H groups in total. The van der Waals surface area contributed by atoms with Crippen molar-refractivity contribution in [1.82, 2.24) is 4.31 Å². The largest absolute Gasteiger partial charge is 0.369 e. The molecule has 1 heterocycles. The first kappa shape index (κ1) is 18.3. The van der Waals surface area contributed by atoms with Crippen molar-refractivity contribution in [2.75, 3.05) is 31.1 Å². The van der Waals surface area contributed by atoms with Gasteiger partial charge in [-0.15, -0.1) is 0 Å². The van der Waals surface area contributed by atoms with Crippen LogP contribution in [-0.4, -0.2) is 43.8 Å². The topological polar surface area (TPSA) is 83.8 Å². The molecule has 1 aliphatic heterocycles. The summed E-state index contributed by atoms with van der Waals surface area (Å²) in [6, 6.07) is 10.5. The fraction of sp³-hybridized carbons (Fsp3) is 0.294. The summed E-state index contributed by atoms with van der Waals surface area (Å²) in [6.45, 7) is 3.51. The maximum atomic E-state index is 13.5. The molecule has 138 valence electrons. The minimum Gasteiger partial charge on any atom is -0.369 e. The summed E-state index contributed by atoms with van der Waals surface area (Å²) in [5.74, 6) is -1.06. The maximum absolute atomic E-state index is 13.5. The van der Waals surface area contributed by atoms with E-state index < -0.39 is 26.5 Å². The maximum Gasteiger partial charge on any atom is 0.306 e. The quantitative estimate of drug-likeness (QED) is 0.602. The molecule has 0 saturated carbocycles. The van der Waals surface area contributed by atoms with E-state index in [-0.39, 0.29) is 18.0 Å². The number of anilines is 1. The predicted octanol–water partition coefficient (Wildman–Crippen LogP) is 2.55. The molecule has 1 fully saturated rings. The molecule has 1 aliphatic rings. The molecule has 0 aromatic heterocycles. The average Bonchev–Trinajstić information content (AvgIpc) is 2.62. The van der Waals surface area contributed by atoms with Crippen molar-refractivity contribution in [3.05, 3.63) is 64.0 Å². The zero-order valence-corrected chi connectivity index (χ0v) is 14.9. The summed E-state index contributed by atoms with van der Waals surface area (Å²) in [7, 11) is -3.91. The SMILES string of the molecule is Cc1ccccc1N1CCN(S(=O)(=O)c2ccc(F)c([N+](=O)[O-])c2)CC1. The summed E-state index contributed by atoms with van der Waals surface area (Å²) >= 11 is 0. The number of nitro groups is 1. The van der Waals surface area contributed by atoms with Crippen LogP contribution in [-0.2, 0) is 10.0 Å². The van der Waals surface area contributed by atoms with Crippen LogP contribution in [0.4, 0.5) is 15.8 Å². The Bertz CT molecular complexity index is 941. The van der Waals surface area contributed by atoms with E-state index in [0.29, 0.717) is 13.1 Å². The van der Waals surface area contributed by atoms with E-state index in [1.807, 2.05) is 31.2 Å². The minimum absolute atomic E-state index is 0.252. The highest BCUT2D eigenvalue weighted by Crippen LogP contribution is 2.26. The highest BCUT2D eigenvalue weighted by Gasteiger charge is 2.30. The molecule has 0 bridgehead atoms. The van der Waals surface area contributed by atoms with Crippen molar-refractivity contribution in [2.24, 2.45) is 0 Å². The predicted molar refractivity (Wildman–Crippen MR) is 95.2 cm³/mol. The lowest BCUT2D eigenvalue weighted by molar-refractivity contribution is -0.387. The number of piperazine rings is 1. The van der Waals surface area contributed by atoms with Gasteiger partial charge in [0, 0.05) is 37.9 Å². The number of rotatable bonds is 4. The molecule has 0 atom stereocenters. The molecule has 7 nitrogen and oxygen atoms in total. The number of sulfonamides is 1. The summed E-state index contributed by atoms with van der Waals surface area (Å²) in [4.78, 5) is 11.8. The number of aryl methyl sites for hydroxylation is 1. The highest BCUT2D eigenvalue weighted by atomic mass is 32.2. The number of nitrogens with zero attached hydrogens (tertiary/aromatic N) is 3. The molecule has 26 heavy (non-hydrogen) atoms. The van der Waals surface area contributed by atoms with E-state index in [2.05, 4.69) is 4.90 Å². The van der Waals surface area contributed by atoms with Crippen LogP contribution in [0.25, 0.3) is 0 Å². The third kappa shape index (κ3) is 3.40. The molecule has 0 aliphatic carbocycles. The van der Waals surface area contributed by atoms with Crippen LogP contribution in [0.3, 0.4) is 0 Å². The van der Waals surface area contributed by atoms with Crippen molar-refractivity contribution in [3.63, 3.8) is 0 Å². The van der Waals surface area contributed by atoms with Gasteiger partial charge in [-0.05, 0) is 30.7 Å². The van der Waals surface area contributed by atoms with Gasteiger partial charge in [0.15, 0.2) is 0 Å². The first-order chi connectivity index (χ1) is 12.3. The zero-order valence-electron chi connectivity index (χ0n) is 14.1. The molecule has 2 aromatic carbocycles. The Morgan fingerprint density at radius 3 is 2.35 bits per heavy atom. The normalized spacial score (nSPS) is 15.8. The lowest BCUT2D eigenvalue weighted by Crippen LogP contribution is -2.48. The molecule has 9 heteroatoms. The van der Waals surface area contributed by atoms with Crippen LogP contribution in [0.1, 0.15) is 5.56 Å². The Hall–Kier alpha value is -2.52. The number of halogens is 1. The second-order valence-electron chi connectivity index (χ2n) is 6.05. The fourth-order valence-electron chi connectivity index (χ4n) is 3.03. The molecule has 0 spiro atoms. The Morgan fingerprint density at radius 1 is 1.08 bits per heavy atom. The second-order valence-corrected chi connectivity index (χ2v) is 7.99. The molecule has 0 radical (unpaired) electrons. The second kappa shape index (κ2) is 7.00. The van der Waals surface area contributed by atoms with Gasteiger partial charge in [0.2, 0.25) is 15.8 Å². The van der Waals surface area contributed by atoms with Crippen molar-refractivity contribution < 1.29 is 17.7 Å². The monoisotopic (exact) mass is 379 g/mol. The highest BCUT2D eigenvalue weighted by molar-refractivity contribution is 7.89. The molecule has 3 rings (SSSR count). The van der Waals surface area contributed by atoms with Gasteiger partial charge in [-0.2, -0.15) is 8.70 Å². The van der Waals surface area contributed by atoms with E-state index in [9.17, 15) is 22.9 Å². The van der Waals surface area contributed by atoms with Gasteiger partial charge in [0.1, 0.15) is 0 Å². The van der Waals surface area contributed by atoms with Gasteiger partial charge in [0.25, 0.3) is 0 Å². The summed E-state index contributed by atoms with van der Waals surface area (Å²) < 4.78 is 40.2. The lowest BCUT2D eigenvalue weighted by Gasteiger charge is -2.36. The third-order valence-corrected chi connectivity index (χ3v) is 6.34. The van der Waals surface area contributed by atoms with Gasteiger partial charge in [-0.3, -0.25) is 10.1 Å². The number of nitro benzene ring substituents is 1. The Balaban J connectivity index is 1.79. The van der Waals surface area contributed by atoms with E-state index in [4.69, 9.17) is 0 Å². The van der Waals surface area contributed by atoms with Crippen molar-refractivity contribution in [2.45, 2.75) is 11.8 Å². The van der Waals surface area contributed by atoms with Crippen molar-refractivity contribution >= 4 is 21.4 Å². The number of benzene rings is 2. The first-order valence-corrected chi connectivity index (χ1v) is 9.49. The van der Waals surface area contributed by atoms with Crippen LogP contribution >= 0.6 is 0 Å². The summed E-state index contributed by atoms with van der Waals surface area (Å²) in [5, 5.41) is 10.9. The van der Waals surface area contributed by atoms with Crippen molar-refractivity contribution in [3.8, 4) is 0 Å². The first-order valence-electron chi connectivity index (χ1n) is 8.05. The molecule has 1 saturated heterocycles. The van der Waals surface area contributed by atoms with Crippen molar-refractivity contribution in [1.29, 1.82) is 0 Å². The van der Waals surface area contributed by atoms with Crippen LogP contribution < -0.4 is 4.90 Å². The standard InChI is InChI=1S/C17H18FN3O4S/c1-13-4-2-3-5-16(13)19-8-10-20(11-9-19)26(24,25)14-6-7-15(18)17(12-14)21(22)23/h2-7,12H,8-11H2,1H3. The molecule has 0 unspecified atom stereocenters. The van der Waals surface area contributed by atoms with Gasteiger partial charge in [0.05, 0.1) is 9.82 Å². The van der Waals surface area contributed by atoms with Crippen LogP contribution in [0.15, 0.2) is 47.4 Å². The number of hydrogen-bond acceptors (Lipinski definition) is 5. The number of para-hydroxylation sites is 1. The van der Waals surface area contributed by atoms with Crippen LogP contribution in [0.5, 0.6) is 0 Å². The van der Waals surface area contributed by atoms with E-state index in [0.717, 1.165) is 29.4 Å². The molecule has 0 amide bonds. The lowest BCUT2D eigenvalue weighted by atomic mass is 10.1. The average molecular weight is 379 g/mol. The van der Waals surface area contributed by atoms with E-state index >= 15 is 0 Å². The van der Waals surface area contributed by atoms with Crippen LogP contribution in [0.2, 0.25) is 0 Å². The molecular formula is C17H18FN3O4S. The Morgan fingerprint density at radius 2 is 1.73 bits per heavy atom. The molecular weight excluding hydrogens is 361 g/mol.